The van der Waals surface area contributed by atoms with Crippen molar-refractivity contribution in [3.8, 4) is 0 Å². The van der Waals surface area contributed by atoms with Crippen molar-refractivity contribution in [3.05, 3.63) is 98.2 Å². The van der Waals surface area contributed by atoms with E-state index in [2.05, 4.69) is 20.6 Å². The zero-order valence-electron chi connectivity index (χ0n) is 18.0. The number of aromatic amines is 1. The van der Waals surface area contributed by atoms with Crippen molar-refractivity contribution >= 4 is 34.2 Å². The SMILES string of the molecule is CC1(c2ccc(NC(=O)c3ccc([N+](=O)[O-])c4nc[nH]c(=O)c34)cc2)C=CC=C(NC(N)=O)C1. The predicted molar refractivity (Wildman–Crippen MR) is 125 cm³/mol. The molecule has 0 bridgehead atoms. The highest BCUT2D eigenvalue weighted by molar-refractivity contribution is 6.13. The summed E-state index contributed by atoms with van der Waals surface area (Å²) in [5, 5.41) is 16.4. The fourth-order valence-corrected chi connectivity index (χ4v) is 3.97. The minimum Gasteiger partial charge on any atom is -0.351 e. The van der Waals surface area contributed by atoms with Crippen molar-refractivity contribution in [2.75, 3.05) is 5.32 Å². The number of allylic oxidation sites excluding steroid dienone is 4. The summed E-state index contributed by atoms with van der Waals surface area (Å²) in [6.45, 7) is 2.01. The number of nitrogens with zero attached hydrogens (tertiary/aromatic N) is 2. The summed E-state index contributed by atoms with van der Waals surface area (Å²) in [7, 11) is 0. The highest BCUT2D eigenvalue weighted by atomic mass is 16.6. The van der Waals surface area contributed by atoms with Gasteiger partial charge in [-0.2, -0.15) is 0 Å². The number of non-ortho nitro benzene ring substituents is 1. The van der Waals surface area contributed by atoms with Gasteiger partial charge < -0.3 is 21.4 Å². The van der Waals surface area contributed by atoms with Gasteiger partial charge in [-0.15, -0.1) is 0 Å². The molecule has 0 fully saturated rings. The van der Waals surface area contributed by atoms with E-state index in [0.717, 1.165) is 18.0 Å². The molecule has 0 saturated carbocycles. The lowest BCUT2D eigenvalue weighted by Crippen LogP contribution is -2.33. The zero-order chi connectivity index (χ0) is 24.5. The van der Waals surface area contributed by atoms with E-state index < -0.39 is 27.8 Å². The molecule has 1 unspecified atom stereocenters. The number of aromatic nitrogens is 2. The predicted octanol–water partition coefficient (Wildman–Crippen LogP) is 2.85. The Morgan fingerprint density at radius 2 is 1.91 bits per heavy atom. The third-order valence-electron chi connectivity index (χ3n) is 5.62. The lowest BCUT2D eigenvalue weighted by Gasteiger charge is -2.30. The Morgan fingerprint density at radius 3 is 2.59 bits per heavy atom. The number of nitrogens with one attached hydrogen (secondary N) is 3. The van der Waals surface area contributed by atoms with Crippen LogP contribution in [0.1, 0.15) is 29.3 Å². The van der Waals surface area contributed by atoms with E-state index in [4.69, 9.17) is 5.73 Å². The van der Waals surface area contributed by atoms with Crippen LogP contribution in [0.5, 0.6) is 0 Å². The highest BCUT2D eigenvalue weighted by Crippen LogP contribution is 2.35. The van der Waals surface area contributed by atoms with E-state index in [1.54, 1.807) is 18.2 Å². The van der Waals surface area contributed by atoms with Gasteiger partial charge >= 0.3 is 6.03 Å². The van der Waals surface area contributed by atoms with Gasteiger partial charge in [0.1, 0.15) is 0 Å². The molecule has 1 atom stereocenters. The van der Waals surface area contributed by atoms with Crippen molar-refractivity contribution < 1.29 is 14.5 Å². The second-order valence-corrected chi connectivity index (χ2v) is 8.01. The maximum absolute atomic E-state index is 12.9. The lowest BCUT2D eigenvalue weighted by atomic mass is 9.76. The van der Waals surface area contributed by atoms with Crippen LogP contribution in [0.2, 0.25) is 0 Å². The molecule has 5 N–H and O–H groups in total. The van der Waals surface area contributed by atoms with Crippen LogP contribution in [-0.4, -0.2) is 26.8 Å². The first kappa shape index (κ1) is 22.4. The Morgan fingerprint density at radius 1 is 1.18 bits per heavy atom. The second kappa shape index (κ2) is 8.62. The Labute approximate surface area is 192 Å². The monoisotopic (exact) mass is 460 g/mol. The first-order chi connectivity index (χ1) is 16.2. The van der Waals surface area contributed by atoms with E-state index in [0.29, 0.717) is 17.8 Å². The molecular formula is C23H20N6O5. The average Bonchev–Trinajstić information content (AvgIpc) is 2.78. The van der Waals surface area contributed by atoms with Crippen molar-refractivity contribution in [2.24, 2.45) is 5.73 Å². The third kappa shape index (κ3) is 4.26. The van der Waals surface area contributed by atoms with E-state index in [1.807, 2.05) is 31.2 Å². The minimum absolute atomic E-state index is 0.0338. The quantitative estimate of drug-likeness (QED) is 0.336. The number of anilines is 1. The molecule has 0 aliphatic heterocycles. The number of fused-ring (bicyclic) bond motifs is 1. The van der Waals surface area contributed by atoms with Crippen molar-refractivity contribution in [1.82, 2.24) is 15.3 Å². The molecule has 0 saturated heterocycles. The summed E-state index contributed by atoms with van der Waals surface area (Å²) in [6.07, 6.45) is 7.22. The molecule has 172 valence electrons. The number of rotatable bonds is 5. The van der Waals surface area contributed by atoms with E-state index in [1.165, 1.54) is 6.07 Å². The van der Waals surface area contributed by atoms with Crippen LogP contribution in [0.15, 0.2) is 71.4 Å². The fraction of sp³-hybridized carbons (Fsp3) is 0.130. The number of hydrogen-bond acceptors (Lipinski definition) is 6. The van der Waals surface area contributed by atoms with Gasteiger partial charge in [-0.05, 0) is 29.8 Å². The number of amides is 3. The van der Waals surface area contributed by atoms with Crippen LogP contribution in [0.3, 0.4) is 0 Å². The van der Waals surface area contributed by atoms with Crippen molar-refractivity contribution in [2.45, 2.75) is 18.8 Å². The average molecular weight is 460 g/mol. The van der Waals surface area contributed by atoms with Gasteiger partial charge in [0.25, 0.3) is 17.2 Å². The summed E-state index contributed by atoms with van der Waals surface area (Å²) in [5.41, 5.74) is 5.71. The summed E-state index contributed by atoms with van der Waals surface area (Å²) >= 11 is 0. The van der Waals surface area contributed by atoms with E-state index in [9.17, 15) is 24.5 Å². The molecule has 4 rings (SSSR count). The summed E-state index contributed by atoms with van der Waals surface area (Å²) in [5.74, 6) is -0.606. The topological polar surface area (TPSA) is 173 Å². The molecule has 3 aromatic rings. The Hall–Kier alpha value is -4.80. The van der Waals surface area contributed by atoms with E-state index >= 15 is 0 Å². The maximum Gasteiger partial charge on any atom is 0.316 e. The number of nitro groups is 1. The minimum atomic E-state index is -0.658. The first-order valence-electron chi connectivity index (χ1n) is 10.2. The summed E-state index contributed by atoms with van der Waals surface area (Å²) in [4.78, 5) is 53.3. The smallest absolute Gasteiger partial charge is 0.316 e. The number of carbonyl (C=O) groups excluding carboxylic acids is 2. The molecule has 11 nitrogen and oxygen atoms in total. The molecule has 11 heteroatoms. The maximum atomic E-state index is 12.9. The number of urea groups is 1. The molecule has 0 spiro atoms. The van der Waals surface area contributed by atoms with Gasteiger partial charge in [0.2, 0.25) is 0 Å². The number of nitro benzene ring substituents is 1. The lowest BCUT2D eigenvalue weighted by molar-refractivity contribution is -0.383. The molecule has 1 aliphatic rings. The molecule has 1 aromatic heterocycles. The van der Waals surface area contributed by atoms with Gasteiger partial charge in [-0.25, -0.2) is 9.78 Å². The number of carbonyl (C=O) groups is 2. The Kier molecular flexibility index (Phi) is 5.68. The van der Waals surface area contributed by atoms with Gasteiger partial charge in [-0.3, -0.25) is 19.7 Å². The van der Waals surface area contributed by atoms with Gasteiger partial charge in [0, 0.05) is 29.3 Å². The summed E-state index contributed by atoms with van der Waals surface area (Å²) in [6, 6.07) is 8.85. The van der Waals surface area contributed by atoms with Crippen LogP contribution in [-0.2, 0) is 5.41 Å². The Bertz CT molecular complexity index is 1440. The third-order valence-corrected chi connectivity index (χ3v) is 5.62. The number of nitrogens with two attached hydrogens (primary N) is 1. The summed E-state index contributed by atoms with van der Waals surface area (Å²) < 4.78 is 0. The van der Waals surface area contributed by atoms with Crippen LogP contribution in [0, 0.1) is 10.1 Å². The zero-order valence-corrected chi connectivity index (χ0v) is 18.0. The molecule has 2 aromatic carbocycles. The van der Waals surface area contributed by atoms with Gasteiger partial charge in [0.05, 0.1) is 22.2 Å². The molecule has 0 radical (unpaired) electrons. The first-order valence-corrected chi connectivity index (χ1v) is 10.2. The van der Waals surface area contributed by atoms with Gasteiger partial charge in [-0.1, -0.05) is 31.2 Å². The molecule has 1 heterocycles. The van der Waals surface area contributed by atoms with Crippen molar-refractivity contribution in [1.29, 1.82) is 0 Å². The standard InChI is InChI=1S/C23H20N6O5/c1-23(10-2-3-15(11-23)28-22(24)32)13-4-6-14(7-5-13)27-20(30)16-8-9-17(29(33)34)19-18(16)21(31)26-12-25-19/h2-10,12H,11H2,1H3,(H,27,30)(H3,24,28,32)(H,25,26,31). The van der Waals surface area contributed by atoms with Crippen molar-refractivity contribution in [3.63, 3.8) is 0 Å². The van der Waals surface area contributed by atoms with E-state index in [-0.39, 0.29) is 22.2 Å². The normalized spacial score (nSPS) is 17.1. The fourth-order valence-electron chi connectivity index (χ4n) is 3.97. The second-order valence-electron chi connectivity index (χ2n) is 8.01. The molecule has 3 amide bonds. The highest BCUT2D eigenvalue weighted by Gasteiger charge is 2.27. The largest absolute Gasteiger partial charge is 0.351 e. The molecule has 1 aliphatic carbocycles. The number of primary amides is 1. The van der Waals surface area contributed by atoms with Crippen LogP contribution in [0.25, 0.3) is 10.9 Å². The number of benzene rings is 2. The van der Waals surface area contributed by atoms with Crippen LogP contribution >= 0.6 is 0 Å². The molecule has 34 heavy (non-hydrogen) atoms. The van der Waals surface area contributed by atoms with Gasteiger partial charge in [0.15, 0.2) is 5.52 Å². The van der Waals surface area contributed by atoms with Crippen LogP contribution in [0.4, 0.5) is 16.2 Å². The van der Waals surface area contributed by atoms with Crippen LogP contribution < -0.4 is 21.9 Å². The number of hydrogen-bond donors (Lipinski definition) is 4. The number of H-pyrrole nitrogens is 1. The molecular weight excluding hydrogens is 440 g/mol. The Balaban J connectivity index is 1.58.